The molecule has 0 aromatic heterocycles. The summed E-state index contributed by atoms with van der Waals surface area (Å²) >= 11 is 0. The minimum absolute atomic E-state index is 0.310. The van der Waals surface area contributed by atoms with Crippen LogP contribution in [0.4, 0.5) is 8.78 Å². The normalized spacial score (nSPS) is 34.4. The Bertz CT molecular complexity index is 285. The first kappa shape index (κ1) is 11.8. The zero-order chi connectivity index (χ0) is 11.8. The molecule has 2 aliphatic heterocycles. The van der Waals surface area contributed by atoms with Crippen molar-refractivity contribution >= 4 is 5.97 Å². The fourth-order valence-corrected chi connectivity index (χ4v) is 3.04. The molecule has 0 aliphatic carbocycles. The molecular formula is C11H17F2NO2. The molecule has 0 radical (unpaired) electrons. The Balaban J connectivity index is 2.17. The molecule has 0 spiro atoms. The maximum atomic E-state index is 12.8. The Morgan fingerprint density at radius 2 is 2.31 bits per heavy atom. The summed E-state index contributed by atoms with van der Waals surface area (Å²) in [4.78, 5) is 13.6. The zero-order valence-corrected chi connectivity index (χ0v) is 9.42. The lowest BCUT2D eigenvalue weighted by atomic mass is 9.94. The monoisotopic (exact) mass is 233 g/mol. The summed E-state index contributed by atoms with van der Waals surface area (Å²) in [7, 11) is 0. The van der Waals surface area contributed by atoms with Crippen molar-refractivity contribution in [3.63, 3.8) is 0 Å². The Hall–Kier alpha value is -0.710. The van der Waals surface area contributed by atoms with Crippen LogP contribution in [-0.4, -0.2) is 42.0 Å². The average molecular weight is 233 g/mol. The van der Waals surface area contributed by atoms with E-state index in [9.17, 15) is 13.6 Å². The highest BCUT2D eigenvalue weighted by molar-refractivity contribution is 5.81. The van der Waals surface area contributed by atoms with Gasteiger partial charge in [-0.3, -0.25) is 9.69 Å². The van der Waals surface area contributed by atoms with Crippen LogP contribution in [0.2, 0.25) is 0 Å². The predicted molar refractivity (Wildman–Crippen MR) is 54.3 cm³/mol. The summed E-state index contributed by atoms with van der Waals surface area (Å²) in [5.74, 6) is -0.310. The second-order valence-corrected chi connectivity index (χ2v) is 4.49. The van der Waals surface area contributed by atoms with Crippen LogP contribution in [0.3, 0.4) is 0 Å². The molecule has 2 fully saturated rings. The van der Waals surface area contributed by atoms with Gasteiger partial charge in [-0.2, -0.15) is 0 Å². The van der Waals surface area contributed by atoms with Crippen LogP contribution < -0.4 is 0 Å². The van der Waals surface area contributed by atoms with Crippen LogP contribution in [-0.2, 0) is 9.53 Å². The summed E-state index contributed by atoms with van der Waals surface area (Å²) in [5, 5.41) is 0. The van der Waals surface area contributed by atoms with Gasteiger partial charge in [-0.15, -0.1) is 0 Å². The number of halogens is 2. The number of hydrogen-bond acceptors (Lipinski definition) is 3. The van der Waals surface area contributed by atoms with Crippen molar-refractivity contribution in [2.75, 3.05) is 13.2 Å². The van der Waals surface area contributed by atoms with E-state index in [2.05, 4.69) is 0 Å². The molecule has 2 atom stereocenters. The van der Waals surface area contributed by atoms with Gasteiger partial charge in [0.25, 0.3) is 6.43 Å². The van der Waals surface area contributed by atoms with Crippen molar-refractivity contribution < 1.29 is 18.3 Å². The predicted octanol–water partition coefficient (Wildman–Crippen LogP) is 1.81. The quantitative estimate of drug-likeness (QED) is 0.696. The van der Waals surface area contributed by atoms with Gasteiger partial charge >= 0.3 is 5.97 Å². The van der Waals surface area contributed by atoms with Crippen molar-refractivity contribution in [2.45, 2.75) is 50.6 Å². The van der Waals surface area contributed by atoms with E-state index in [1.807, 2.05) is 0 Å². The number of hydrogen-bond donors (Lipinski definition) is 0. The smallest absolute Gasteiger partial charge is 0.326 e. The topological polar surface area (TPSA) is 29.5 Å². The zero-order valence-electron chi connectivity index (χ0n) is 9.42. The number of rotatable bonds is 3. The summed E-state index contributed by atoms with van der Waals surface area (Å²) < 4.78 is 30.6. The lowest BCUT2D eigenvalue weighted by molar-refractivity contribution is -0.156. The largest absolute Gasteiger partial charge is 0.465 e. The van der Waals surface area contributed by atoms with Gasteiger partial charge in [0.05, 0.1) is 12.6 Å². The van der Waals surface area contributed by atoms with Gasteiger partial charge in [0.2, 0.25) is 0 Å². The SMILES string of the molecule is CCOC(=O)C12CCCN1C(C(F)F)CC2. The van der Waals surface area contributed by atoms with Crippen molar-refractivity contribution in [2.24, 2.45) is 0 Å². The molecule has 3 nitrogen and oxygen atoms in total. The highest BCUT2D eigenvalue weighted by Crippen LogP contribution is 2.44. The second kappa shape index (κ2) is 4.28. The van der Waals surface area contributed by atoms with E-state index in [0.29, 0.717) is 32.4 Å². The number of ether oxygens (including phenoxy) is 1. The number of fused-ring (bicyclic) bond motifs is 1. The number of carbonyl (C=O) groups excluding carboxylic acids is 1. The molecule has 2 rings (SSSR count). The van der Waals surface area contributed by atoms with E-state index in [1.165, 1.54) is 0 Å². The molecule has 0 saturated carbocycles. The standard InChI is InChI=1S/C11H17F2NO2/c1-2-16-10(15)11-5-3-7-14(11)8(4-6-11)9(12)13/h8-9H,2-7H2,1H3. The Morgan fingerprint density at radius 3 is 2.94 bits per heavy atom. The Kier molecular flexibility index (Phi) is 3.15. The molecule has 0 N–H and O–H groups in total. The van der Waals surface area contributed by atoms with E-state index in [-0.39, 0.29) is 5.97 Å². The molecule has 2 heterocycles. The van der Waals surface area contributed by atoms with Gasteiger partial charge in [0, 0.05) is 0 Å². The number of carbonyl (C=O) groups is 1. The van der Waals surface area contributed by atoms with E-state index in [4.69, 9.17) is 4.74 Å². The first-order valence-electron chi connectivity index (χ1n) is 5.84. The molecule has 2 aliphatic rings. The van der Waals surface area contributed by atoms with E-state index >= 15 is 0 Å². The molecular weight excluding hydrogens is 216 g/mol. The maximum Gasteiger partial charge on any atom is 0.326 e. The highest BCUT2D eigenvalue weighted by Gasteiger charge is 2.57. The minimum atomic E-state index is -2.37. The van der Waals surface area contributed by atoms with E-state index in [0.717, 1.165) is 6.42 Å². The third-order valence-electron chi connectivity index (χ3n) is 3.74. The van der Waals surface area contributed by atoms with Gasteiger partial charge in [0.15, 0.2) is 0 Å². The summed E-state index contributed by atoms with van der Waals surface area (Å²) in [6, 6.07) is -0.757. The minimum Gasteiger partial charge on any atom is -0.465 e. The molecule has 0 aromatic rings. The number of nitrogens with zero attached hydrogens (tertiary/aromatic N) is 1. The van der Waals surface area contributed by atoms with E-state index < -0.39 is 18.0 Å². The third kappa shape index (κ3) is 1.61. The second-order valence-electron chi connectivity index (χ2n) is 4.49. The number of alkyl halides is 2. The molecule has 92 valence electrons. The summed E-state index contributed by atoms with van der Waals surface area (Å²) in [6.07, 6.45) is 0.0170. The lowest BCUT2D eigenvalue weighted by Crippen LogP contribution is -2.50. The van der Waals surface area contributed by atoms with Gasteiger partial charge in [-0.05, 0) is 39.2 Å². The van der Waals surface area contributed by atoms with Crippen LogP contribution in [0.5, 0.6) is 0 Å². The van der Waals surface area contributed by atoms with Crippen molar-refractivity contribution in [1.29, 1.82) is 0 Å². The fourth-order valence-electron chi connectivity index (χ4n) is 3.04. The first-order chi connectivity index (χ1) is 7.62. The van der Waals surface area contributed by atoms with Crippen molar-refractivity contribution in [3.05, 3.63) is 0 Å². The van der Waals surface area contributed by atoms with Crippen molar-refractivity contribution in [3.8, 4) is 0 Å². The fraction of sp³-hybridized carbons (Fsp3) is 0.909. The summed E-state index contributed by atoms with van der Waals surface area (Å²) in [6.45, 7) is 2.65. The molecule has 0 bridgehead atoms. The molecule has 2 unspecified atom stereocenters. The molecule has 2 saturated heterocycles. The van der Waals surface area contributed by atoms with Crippen LogP contribution in [0.25, 0.3) is 0 Å². The molecule has 16 heavy (non-hydrogen) atoms. The van der Waals surface area contributed by atoms with Crippen LogP contribution in [0, 0.1) is 0 Å². The number of esters is 1. The van der Waals surface area contributed by atoms with Crippen LogP contribution in [0.15, 0.2) is 0 Å². The third-order valence-corrected chi connectivity index (χ3v) is 3.74. The maximum absolute atomic E-state index is 12.8. The Morgan fingerprint density at radius 1 is 1.56 bits per heavy atom. The Labute approximate surface area is 93.7 Å². The van der Waals surface area contributed by atoms with Crippen LogP contribution >= 0.6 is 0 Å². The molecule has 0 aromatic carbocycles. The molecule has 5 heteroatoms. The lowest BCUT2D eigenvalue weighted by Gasteiger charge is -2.32. The summed E-state index contributed by atoms with van der Waals surface area (Å²) in [5.41, 5.74) is -0.739. The van der Waals surface area contributed by atoms with Gasteiger partial charge in [0.1, 0.15) is 5.54 Å². The van der Waals surface area contributed by atoms with Gasteiger partial charge in [-0.1, -0.05) is 0 Å². The van der Waals surface area contributed by atoms with Crippen molar-refractivity contribution in [1.82, 2.24) is 4.90 Å². The first-order valence-corrected chi connectivity index (χ1v) is 5.84. The van der Waals surface area contributed by atoms with Gasteiger partial charge in [-0.25, -0.2) is 8.78 Å². The van der Waals surface area contributed by atoms with Crippen LogP contribution in [0.1, 0.15) is 32.6 Å². The highest BCUT2D eigenvalue weighted by atomic mass is 19.3. The van der Waals surface area contributed by atoms with Gasteiger partial charge < -0.3 is 4.74 Å². The molecule has 0 amide bonds. The average Bonchev–Trinajstić information content (AvgIpc) is 2.74. The van der Waals surface area contributed by atoms with E-state index in [1.54, 1.807) is 11.8 Å².